The van der Waals surface area contributed by atoms with E-state index in [-0.39, 0.29) is 5.54 Å². The summed E-state index contributed by atoms with van der Waals surface area (Å²) in [7, 11) is 0. The van der Waals surface area contributed by atoms with Gasteiger partial charge in [0, 0.05) is 13.1 Å². The van der Waals surface area contributed by atoms with E-state index in [4.69, 9.17) is 4.74 Å². The van der Waals surface area contributed by atoms with Crippen molar-refractivity contribution in [3.8, 4) is 0 Å². The maximum absolute atomic E-state index is 5.44. The number of hydrogen-bond acceptors (Lipinski definition) is 5. The number of nitrogens with one attached hydrogen (secondary N) is 1. The van der Waals surface area contributed by atoms with Gasteiger partial charge in [0.05, 0.1) is 13.2 Å². The molecule has 100 valence electrons. The average Bonchev–Trinajstić information content (AvgIpc) is 3.03. The van der Waals surface area contributed by atoms with Gasteiger partial charge in [0.1, 0.15) is 5.54 Å². The molecule has 6 heteroatoms. The molecule has 2 aromatic rings. The van der Waals surface area contributed by atoms with Crippen LogP contribution in [0, 0.1) is 0 Å². The third-order valence-electron chi connectivity index (χ3n) is 3.76. The zero-order chi connectivity index (χ0) is 13.1. The first-order chi connectivity index (χ1) is 9.32. The second kappa shape index (κ2) is 5.07. The van der Waals surface area contributed by atoms with Gasteiger partial charge in [-0.2, -0.15) is 5.21 Å². The Hall–Kier alpha value is -1.79. The monoisotopic (exact) mass is 259 g/mol. The molecule has 1 aliphatic rings. The molecule has 1 aromatic heterocycles. The zero-order valence-electron chi connectivity index (χ0n) is 10.9. The van der Waals surface area contributed by atoms with E-state index >= 15 is 0 Å². The predicted molar refractivity (Wildman–Crippen MR) is 69.5 cm³/mol. The topological polar surface area (TPSA) is 66.9 Å². The first-order valence-electron chi connectivity index (χ1n) is 6.44. The summed E-state index contributed by atoms with van der Waals surface area (Å²) in [6.07, 6.45) is 0. The molecule has 1 aromatic carbocycles. The van der Waals surface area contributed by atoms with Crippen LogP contribution < -0.4 is 0 Å². The van der Waals surface area contributed by atoms with Crippen molar-refractivity contribution in [2.45, 2.75) is 12.5 Å². The van der Waals surface area contributed by atoms with Gasteiger partial charge in [0.15, 0.2) is 5.82 Å². The third-order valence-corrected chi connectivity index (χ3v) is 3.76. The first kappa shape index (κ1) is 12.3. The van der Waals surface area contributed by atoms with Gasteiger partial charge in [0.25, 0.3) is 0 Å². The second-order valence-corrected chi connectivity index (χ2v) is 4.77. The average molecular weight is 259 g/mol. The van der Waals surface area contributed by atoms with E-state index in [1.165, 1.54) is 5.56 Å². The second-order valence-electron chi connectivity index (χ2n) is 4.77. The summed E-state index contributed by atoms with van der Waals surface area (Å²) in [5, 5.41) is 14.7. The van der Waals surface area contributed by atoms with Gasteiger partial charge in [-0.1, -0.05) is 35.5 Å². The smallest absolute Gasteiger partial charge is 0.198 e. The van der Waals surface area contributed by atoms with Crippen molar-refractivity contribution >= 4 is 0 Å². The minimum atomic E-state index is -0.377. The number of tetrazole rings is 1. The largest absolute Gasteiger partial charge is 0.379 e. The number of rotatable bonds is 3. The minimum Gasteiger partial charge on any atom is -0.379 e. The highest BCUT2D eigenvalue weighted by molar-refractivity contribution is 5.30. The van der Waals surface area contributed by atoms with Gasteiger partial charge < -0.3 is 4.74 Å². The molecule has 3 rings (SSSR count). The lowest BCUT2D eigenvalue weighted by molar-refractivity contribution is -0.00699. The van der Waals surface area contributed by atoms with Crippen LogP contribution in [-0.4, -0.2) is 51.8 Å². The zero-order valence-corrected chi connectivity index (χ0v) is 10.9. The molecule has 2 heterocycles. The molecule has 0 aliphatic carbocycles. The summed E-state index contributed by atoms with van der Waals surface area (Å²) in [5.41, 5.74) is 0.788. The summed E-state index contributed by atoms with van der Waals surface area (Å²) in [4.78, 5) is 2.34. The molecule has 0 spiro atoms. The Balaban J connectivity index is 2.05. The highest BCUT2D eigenvalue weighted by Crippen LogP contribution is 2.33. The number of benzene rings is 1. The fraction of sp³-hybridized carbons (Fsp3) is 0.462. The molecule has 1 atom stereocenters. The highest BCUT2D eigenvalue weighted by atomic mass is 16.5. The molecule has 1 N–H and O–H groups in total. The molecule has 0 saturated carbocycles. The molecule has 1 fully saturated rings. The van der Waals surface area contributed by atoms with E-state index in [0.717, 1.165) is 26.3 Å². The van der Waals surface area contributed by atoms with Crippen LogP contribution >= 0.6 is 0 Å². The van der Waals surface area contributed by atoms with Crippen LogP contribution in [0.2, 0.25) is 0 Å². The molecule has 0 amide bonds. The molecule has 1 unspecified atom stereocenters. The molecule has 0 radical (unpaired) electrons. The van der Waals surface area contributed by atoms with Gasteiger partial charge in [-0.25, -0.2) is 0 Å². The van der Waals surface area contributed by atoms with Crippen molar-refractivity contribution in [1.29, 1.82) is 0 Å². The van der Waals surface area contributed by atoms with Gasteiger partial charge in [0.2, 0.25) is 0 Å². The molecule has 0 bridgehead atoms. The third kappa shape index (κ3) is 2.13. The van der Waals surface area contributed by atoms with Crippen LogP contribution in [0.1, 0.15) is 18.3 Å². The quantitative estimate of drug-likeness (QED) is 0.883. The predicted octanol–water partition coefficient (Wildman–Crippen LogP) is 0.795. The summed E-state index contributed by atoms with van der Waals surface area (Å²) >= 11 is 0. The van der Waals surface area contributed by atoms with E-state index in [1.54, 1.807) is 0 Å². The number of aromatic amines is 1. The van der Waals surface area contributed by atoms with Crippen molar-refractivity contribution < 1.29 is 4.74 Å². The van der Waals surface area contributed by atoms with E-state index in [1.807, 2.05) is 18.2 Å². The van der Waals surface area contributed by atoms with Crippen molar-refractivity contribution in [3.63, 3.8) is 0 Å². The Kier molecular flexibility index (Phi) is 3.27. The maximum atomic E-state index is 5.44. The normalized spacial score (nSPS) is 20.1. The van der Waals surface area contributed by atoms with Gasteiger partial charge in [-0.3, -0.25) is 4.90 Å². The SMILES string of the molecule is CC(c1ccccc1)(c1nn[nH]n1)N1CCOCC1. The summed E-state index contributed by atoms with van der Waals surface area (Å²) in [6, 6.07) is 10.3. The summed E-state index contributed by atoms with van der Waals surface area (Å²) < 4.78 is 5.44. The number of nitrogens with zero attached hydrogens (tertiary/aromatic N) is 4. The number of hydrogen-bond donors (Lipinski definition) is 1. The molecule has 19 heavy (non-hydrogen) atoms. The van der Waals surface area contributed by atoms with E-state index in [0.29, 0.717) is 5.82 Å². The first-order valence-corrected chi connectivity index (χ1v) is 6.44. The van der Waals surface area contributed by atoms with Crippen molar-refractivity contribution in [3.05, 3.63) is 41.7 Å². The Morgan fingerprint density at radius 1 is 1.21 bits per heavy atom. The minimum absolute atomic E-state index is 0.377. The molecule has 1 saturated heterocycles. The fourth-order valence-electron chi connectivity index (χ4n) is 2.59. The van der Waals surface area contributed by atoms with Crippen molar-refractivity contribution in [2.24, 2.45) is 0 Å². The molecule has 1 aliphatic heterocycles. The fourth-order valence-corrected chi connectivity index (χ4v) is 2.59. The van der Waals surface area contributed by atoms with E-state index < -0.39 is 0 Å². The van der Waals surface area contributed by atoms with Crippen LogP contribution in [0.15, 0.2) is 30.3 Å². The van der Waals surface area contributed by atoms with E-state index in [9.17, 15) is 0 Å². The Bertz CT molecular complexity index is 509. The Morgan fingerprint density at radius 2 is 1.95 bits per heavy atom. The number of H-pyrrole nitrogens is 1. The molecule has 6 nitrogen and oxygen atoms in total. The van der Waals surface area contributed by atoms with E-state index in [2.05, 4.69) is 44.6 Å². The van der Waals surface area contributed by atoms with Crippen LogP contribution in [0.4, 0.5) is 0 Å². The molecular formula is C13H17N5O. The number of aromatic nitrogens is 4. The summed E-state index contributed by atoms with van der Waals surface area (Å²) in [5.74, 6) is 0.695. The lowest BCUT2D eigenvalue weighted by Gasteiger charge is -2.41. The number of morpholine rings is 1. The summed E-state index contributed by atoms with van der Waals surface area (Å²) in [6.45, 7) is 5.33. The number of ether oxygens (including phenoxy) is 1. The van der Waals surface area contributed by atoms with Crippen molar-refractivity contribution in [1.82, 2.24) is 25.5 Å². The van der Waals surface area contributed by atoms with Gasteiger partial charge in [-0.05, 0) is 12.5 Å². The lowest BCUT2D eigenvalue weighted by Crippen LogP contribution is -2.51. The van der Waals surface area contributed by atoms with Crippen LogP contribution in [0.25, 0.3) is 0 Å². The lowest BCUT2D eigenvalue weighted by atomic mass is 9.88. The molecular weight excluding hydrogens is 242 g/mol. The van der Waals surface area contributed by atoms with Crippen LogP contribution in [0.3, 0.4) is 0 Å². The van der Waals surface area contributed by atoms with Crippen molar-refractivity contribution in [2.75, 3.05) is 26.3 Å². The Morgan fingerprint density at radius 3 is 2.58 bits per heavy atom. The maximum Gasteiger partial charge on any atom is 0.198 e. The highest BCUT2D eigenvalue weighted by Gasteiger charge is 2.40. The standard InChI is InChI=1S/C13H17N5O/c1-13(12-14-16-17-15-12,11-5-3-2-4-6-11)18-7-9-19-10-8-18/h2-6H,7-10H2,1H3,(H,14,15,16,17). The van der Waals surface area contributed by atoms with Gasteiger partial charge >= 0.3 is 0 Å². The Labute approximate surface area is 111 Å². The van der Waals surface area contributed by atoms with Crippen LogP contribution in [0.5, 0.6) is 0 Å². The van der Waals surface area contributed by atoms with Crippen LogP contribution in [-0.2, 0) is 10.3 Å². The van der Waals surface area contributed by atoms with Gasteiger partial charge in [-0.15, -0.1) is 10.2 Å².